The van der Waals surface area contributed by atoms with E-state index in [-0.39, 0.29) is 11.1 Å². The molecule has 0 bridgehead atoms. The van der Waals surface area contributed by atoms with Crippen LogP contribution >= 0.6 is 0 Å². The molecular formula is C38H53N7O4Si. The van der Waals surface area contributed by atoms with E-state index in [2.05, 4.69) is 75.2 Å². The van der Waals surface area contributed by atoms with E-state index in [1.165, 1.54) is 0 Å². The molecule has 12 heteroatoms. The van der Waals surface area contributed by atoms with Crippen LogP contribution in [0.3, 0.4) is 0 Å². The van der Waals surface area contributed by atoms with Crippen LogP contribution < -0.4 is 15.0 Å². The Labute approximate surface area is 298 Å². The van der Waals surface area contributed by atoms with Gasteiger partial charge in [-0.3, -0.25) is 4.90 Å². The smallest absolute Gasteiger partial charge is 0.414 e. The Kier molecular flexibility index (Phi) is 10.1. The lowest BCUT2D eigenvalue weighted by Gasteiger charge is -2.39. The molecule has 268 valence electrons. The SMILES string of the molecule is CC(C)Oc1nc2c(cc1Nc1nccc(-c3cc(C#N)c4c(c3)[C@@](C)(CO[Si](C)(C)C(C)(C)C)CN4C(=O)OC(C)(C)C)n1)CN(C)CC2. The molecule has 1 atom stereocenters. The first-order valence-corrected chi connectivity index (χ1v) is 20.3. The number of nitrogens with one attached hydrogen (secondary N) is 1. The van der Waals surface area contributed by atoms with Gasteiger partial charge < -0.3 is 24.1 Å². The Balaban J connectivity index is 1.56. The summed E-state index contributed by atoms with van der Waals surface area (Å²) in [7, 11) is -0.0455. The van der Waals surface area contributed by atoms with Gasteiger partial charge in [-0.2, -0.15) is 5.26 Å². The van der Waals surface area contributed by atoms with Crippen molar-refractivity contribution < 1.29 is 18.7 Å². The number of carbonyl (C=O) groups excluding carboxylic acids is 1. The van der Waals surface area contributed by atoms with Crippen LogP contribution in [0.4, 0.5) is 22.1 Å². The predicted octanol–water partition coefficient (Wildman–Crippen LogP) is 7.96. The van der Waals surface area contributed by atoms with Gasteiger partial charge in [-0.25, -0.2) is 19.7 Å². The average molecular weight is 700 g/mol. The van der Waals surface area contributed by atoms with Crippen LogP contribution in [0.1, 0.15) is 84.7 Å². The molecule has 2 aliphatic rings. The highest BCUT2D eigenvalue weighted by molar-refractivity contribution is 6.74. The van der Waals surface area contributed by atoms with Crippen LogP contribution in [0, 0.1) is 11.3 Å². The number of hydrogen-bond acceptors (Lipinski definition) is 10. The van der Waals surface area contributed by atoms with Crippen molar-refractivity contribution in [3.8, 4) is 23.2 Å². The predicted molar refractivity (Wildman–Crippen MR) is 200 cm³/mol. The molecule has 11 nitrogen and oxygen atoms in total. The largest absolute Gasteiger partial charge is 0.473 e. The third-order valence-corrected chi connectivity index (χ3v) is 14.2. The van der Waals surface area contributed by atoms with Crippen molar-refractivity contribution in [1.29, 1.82) is 5.26 Å². The van der Waals surface area contributed by atoms with Crippen molar-refractivity contribution >= 4 is 31.7 Å². The highest BCUT2D eigenvalue weighted by Crippen LogP contribution is 2.47. The van der Waals surface area contributed by atoms with Crippen molar-refractivity contribution in [2.75, 3.05) is 37.0 Å². The molecule has 0 spiro atoms. The van der Waals surface area contributed by atoms with Crippen LogP contribution in [0.25, 0.3) is 11.3 Å². The maximum Gasteiger partial charge on any atom is 0.414 e. The molecule has 0 fully saturated rings. The standard InChI is InChI=1S/C38H53N7O4Si/c1-24(2)48-33-31(19-27-21-44(10)16-14-30(27)41-33)43-34-40-15-13-29(42-34)25-17-26(20-39)32-28(18-25)38(9,23-47-50(11,12)37(6,7)8)22-45(32)35(46)49-36(3,4)5/h13,15,17-19,24H,14,16,21-23H2,1-12H3,(H,40,42,43)/t38-/m1/s1. The molecule has 50 heavy (non-hydrogen) atoms. The van der Waals surface area contributed by atoms with Gasteiger partial charge in [-0.1, -0.05) is 27.7 Å². The molecule has 1 aromatic carbocycles. The van der Waals surface area contributed by atoms with Crippen LogP contribution in [0.5, 0.6) is 5.88 Å². The monoisotopic (exact) mass is 699 g/mol. The van der Waals surface area contributed by atoms with E-state index in [0.717, 1.165) is 41.9 Å². The summed E-state index contributed by atoms with van der Waals surface area (Å²) in [5.41, 5.74) is 4.70. The fraction of sp³-hybridized carbons (Fsp3) is 0.553. The number of anilines is 3. The summed E-state index contributed by atoms with van der Waals surface area (Å²) in [4.78, 5) is 31.8. The highest BCUT2D eigenvalue weighted by Gasteiger charge is 2.47. The second-order valence-corrected chi connectivity index (χ2v) is 21.5. The molecule has 0 unspecified atom stereocenters. The van der Waals surface area contributed by atoms with Gasteiger partial charge in [0.25, 0.3) is 0 Å². The fourth-order valence-electron chi connectivity index (χ4n) is 5.98. The van der Waals surface area contributed by atoms with Crippen molar-refractivity contribution in [2.45, 2.75) is 111 Å². The molecule has 1 amide bonds. The number of nitriles is 1. The normalized spacial score (nSPS) is 18.0. The average Bonchev–Trinajstić information content (AvgIpc) is 3.31. The summed E-state index contributed by atoms with van der Waals surface area (Å²) < 4.78 is 18.7. The number of ether oxygens (including phenoxy) is 2. The van der Waals surface area contributed by atoms with Gasteiger partial charge in [-0.05, 0) is 95.2 Å². The molecule has 0 radical (unpaired) electrons. The first-order chi connectivity index (χ1) is 23.2. The molecule has 2 aromatic heterocycles. The Morgan fingerprint density at radius 2 is 1.86 bits per heavy atom. The first kappa shape index (κ1) is 37.2. The third-order valence-electron chi connectivity index (χ3n) is 9.70. The van der Waals surface area contributed by atoms with E-state index in [4.69, 9.17) is 23.9 Å². The number of pyridine rings is 1. The van der Waals surface area contributed by atoms with Gasteiger partial charge in [0.15, 0.2) is 8.32 Å². The molecule has 4 heterocycles. The summed E-state index contributed by atoms with van der Waals surface area (Å²) >= 11 is 0. The van der Waals surface area contributed by atoms with Crippen LogP contribution in [-0.4, -0.2) is 72.7 Å². The number of rotatable bonds is 8. The number of likely N-dealkylation sites (N-methyl/N-ethyl adjacent to an activating group) is 1. The molecular weight excluding hydrogens is 647 g/mol. The number of fused-ring (bicyclic) bond motifs is 2. The Morgan fingerprint density at radius 3 is 2.50 bits per heavy atom. The number of nitrogens with zero attached hydrogens (tertiary/aromatic N) is 6. The summed E-state index contributed by atoms with van der Waals surface area (Å²) in [5, 5.41) is 13.9. The zero-order valence-electron chi connectivity index (χ0n) is 31.8. The van der Waals surface area contributed by atoms with E-state index in [0.29, 0.717) is 47.6 Å². The maximum absolute atomic E-state index is 13.6. The Bertz CT molecular complexity index is 1810. The van der Waals surface area contributed by atoms with Crippen molar-refractivity contribution in [3.63, 3.8) is 0 Å². The van der Waals surface area contributed by atoms with Gasteiger partial charge in [0.2, 0.25) is 11.8 Å². The van der Waals surface area contributed by atoms with Crippen LogP contribution in [0.2, 0.25) is 18.1 Å². The third kappa shape index (κ3) is 7.95. The van der Waals surface area contributed by atoms with E-state index >= 15 is 0 Å². The molecule has 2 aliphatic heterocycles. The van der Waals surface area contributed by atoms with E-state index in [1.807, 2.05) is 46.8 Å². The van der Waals surface area contributed by atoms with E-state index in [1.54, 1.807) is 17.2 Å². The molecule has 0 saturated heterocycles. The van der Waals surface area contributed by atoms with Crippen LogP contribution in [-0.2, 0) is 27.5 Å². The van der Waals surface area contributed by atoms with Crippen LogP contribution in [0.15, 0.2) is 30.5 Å². The second kappa shape index (κ2) is 13.6. The summed E-state index contributed by atoms with van der Waals surface area (Å²) in [5.74, 6) is 0.891. The summed E-state index contributed by atoms with van der Waals surface area (Å²) in [6.45, 7) is 25.1. The van der Waals surface area contributed by atoms with Crippen molar-refractivity contribution in [3.05, 3.63) is 52.8 Å². The lowest BCUT2D eigenvalue weighted by atomic mass is 9.83. The minimum Gasteiger partial charge on any atom is -0.473 e. The van der Waals surface area contributed by atoms with Crippen molar-refractivity contribution in [2.24, 2.45) is 0 Å². The number of carbonyl (C=O) groups is 1. The molecule has 0 aliphatic carbocycles. The topological polar surface area (TPSA) is 126 Å². The minimum absolute atomic E-state index is 0.00321. The number of hydrogen-bond donors (Lipinski definition) is 1. The zero-order valence-corrected chi connectivity index (χ0v) is 32.8. The second-order valence-electron chi connectivity index (χ2n) is 16.7. The number of benzene rings is 1. The van der Waals surface area contributed by atoms with Crippen molar-refractivity contribution in [1.82, 2.24) is 19.9 Å². The Morgan fingerprint density at radius 1 is 1.14 bits per heavy atom. The lowest BCUT2D eigenvalue weighted by Crippen LogP contribution is -2.46. The van der Waals surface area contributed by atoms with Gasteiger partial charge in [0, 0.05) is 49.8 Å². The Hall–Kier alpha value is -4.05. The van der Waals surface area contributed by atoms with Gasteiger partial charge in [-0.15, -0.1) is 0 Å². The van der Waals surface area contributed by atoms with Gasteiger partial charge >= 0.3 is 6.09 Å². The lowest BCUT2D eigenvalue weighted by molar-refractivity contribution is 0.0575. The van der Waals surface area contributed by atoms with E-state index in [9.17, 15) is 10.1 Å². The van der Waals surface area contributed by atoms with Gasteiger partial charge in [0.1, 0.15) is 17.4 Å². The fourth-order valence-corrected chi connectivity index (χ4v) is 7.09. The number of aromatic nitrogens is 3. The highest BCUT2D eigenvalue weighted by atomic mass is 28.4. The summed E-state index contributed by atoms with van der Waals surface area (Å²) in [6.07, 6.45) is 2.00. The number of amides is 1. The van der Waals surface area contributed by atoms with Gasteiger partial charge in [0.05, 0.1) is 28.7 Å². The molecule has 5 rings (SSSR count). The molecule has 1 N–H and O–H groups in total. The maximum atomic E-state index is 13.6. The zero-order chi connectivity index (χ0) is 36.8. The quantitative estimate of drug-likeness (QED) is 0.232. The van der Waals surface area contributed by atoms with E-state index < -0.39 is 25.4 Å². The summed E-state index contributed by atoms with van der Waals surface area (Å²) in [6, 6.07) is 10.1. The minimum atomic E-state index is -2.15. The molecule has 3 aromatic rings. The molecule has 0 saturated carbocycles. The first-order valence-electron chi connectivity index (χ1n) is 17.4.